The highest BCUT2D eigenvalue weighted by atomic mass is 16.6. The molecule has 1 aromatic carbocycles. The maximum Gasteiger partial charge on any atom is 0.246 e. The van der Waals surface area contributed by atoms with Crippen LogP contribution in [0, 0.1) is 0 Å². The molecule has 1 aliphatic heterocycles. The summed E-state index contributed by atoms with van der Waals surface area (Å²) in [6.07, 6.45) is 2.01. The summed E-state index contributed by atoms with van der Waals surface area (Å²) in [6.45, 7) is 7.49. The van der Waals surface area contributed by atoms with Crippen molar-refractivity contribution in [3.63, 3.8) is 0 Å². The normalized spacial score (nSPS) is 14.2. The van der Waals surface area contributed by atoms with Gasteiger partial charge < -0.3 is 14.8 Å². The van der Waals surface area contributed by atoms with Crippen molar-refractivity contribution in [2.24, 2.45) is 0 Å². The highest BCUT2D eigenvalue weighted by molar-refractivity contribution is 5.91. The van der Waals surface area contributed by atoms with Gasteiger partial charge in [-0.15, -0.1) is 5.10 Å². The van der Waals surface area contributed by atoms with Gasteiger partial charge in [-0.05, 0) is 24.6 Å². The zero-order chi connectivity index (χ0) is 16.9. The maximum absolute atomic E-state index is 11.5. The minimum atomic E-state index is -0.142. The van der Waals surface area contributed by atoms with Crippen molar-refractivity contribution in [1.29, 1.82) is 0 Å². The second-order valence-electron chi connectivity index (χ2n) is 5.75. The van der Waals surface area contributed by atoms with Gasteiger partial charge in [0.2, 0.25) is 5.91 Å². The molecule has 1 amide bonds. The maximum atomic E-state index is 11.5. The fraction of sp³-hybridized carbons (Fsp3) is 0.353. The van der Waals surface area contributed by atoms with Crippen molar-refractivity contribution in [3.8, 4) is 5.69 Å². The van der Waals surface area contributed by atoms with Crippen LogP contribution in [-0.4, -0.2) is 40.2 Å². The minimum absolute atomic E-state index is 0.142. The van der Waals surface area contributed by atoms with Crippen LogP contribution in [0.15, 0.2) is 42.6 Å². The summed E-state index contributed by atoms with van der Waals surface area (Å²) in [6, 6.07) is 7.75. The van der Waals surface area contributed by atoms with E-state index in [9.17, 15) is 4.79 Å². The smallest absolute Gasteiger partial charge is 0.246 e. The summed E-state index contributed by atoms with van der Waals surface area (Å²) in [5.41, 5.74) is 3.18. The number of carbonyl (C=O) groups excluding carboxylic acids is 1. The van der Waals surface area contributed by atoms with Gasteiger partial charge >= 0.3 is 0 Å². The first kappa shape index (κ1) is 16.4. The summed E-state index contributed by atoms with van der Waals surface area (Å²) in [5, 5.41) is 11.0. The number of hydrogen-bond acceptors (Lipinski definition) is 5. The summed E-state index contributed by atoms with van der Waals surface area (Å²) >= 11 is 0. The van der Waals surface area contributed by atoms with Crippen molar-refractivity contribution in [2.45, 2.75) is 26.2 Å². The van der Waals surface area contributed by atoms with E-state index in [1.54, 1.807) is 11.6 Å². The molecular formula is C17H20N4O3. The molecule has 0 bridgehead atoms. The lowest BCUT2D eigenvalue weighted by Crippen LogP contribution is -2.35. The lowest BCUT2D eigenvalue weighted by atomic mass is 10.2. The van der Waals surface area contributed by atoms with Crippen molar-refractivity contribution in [3.05, 3.63) is 53.9 Å². The van der Waals surface area contributed by atoms with Crippen molar-refractivity contribution in [1.82, 2.24) is 20.3 Å². The summed E-state index contributed by atoms with van der Waals surface area (Å²) in [5.74, 6) is -0.142. The van der Waals surface area contributed by atoms with E-state index in [2.05, 4.69) is 22.2 Å². The number of rotatable bonds is 7. The molecule has 0 radical (unpaired) electrons. The SMILES string of the molecule is C=C(C)C(=O)NCc1ccc(-n2cc(COC3COC3)nn2)cc1. The Bertz CT molecular complexity index is 720. The number of nitrogens with one attached hydrogen (secondary N) is 1. The predicted molar refractivity (Wildman–Crippen MR) is 87.4 cm³/mol. The zero-order valence-corrected chi connectivity index (χ0v) is 13.6. The number of benzene rings is 1. The van der Waals surface area contributed by atoms with E-state index in [0.717, 1.165) is 16.9 Å². The van der Waals surface area contributed by atoms with Gasteiger partial charge in [0.15, 0.2) is 0 Å². The Morgan fingerprint density at radius 3 is 2.79 bits per heavy atom. The van der Waals surface area contributed by atoms with Gasteiger partial charge in [-0.25, -0.2) is 4.68 Å². The number of carbonyl (C=O) groups is 1. The number of hydrogen-bond donors (Lipinski definition) is 1. The molecule has 24 heavy (non-hydrogen) atoms. The van der Waals surface area contributed by atoms with Crippen molar-refractivity contribution in [2.75, 3.05) is 13.2 Å². The van der Waals surface area contributed by atoms with Gasteiger partial charge in [0.05, 0.1) is 31.7 Å². The Kier molecular flexibility index (Phi) is 5.02. The average molecular weight is 328 g/mol. The summed E-state index contributed by atoms with van der Waals surface area (Å²) < 4.78 is 12.4. The van der Waals surface area contributed by atoms with Gasteiger partial charge in [0.1, 0.15) is 11.8 Å². The highest BCUT2D eigenvalue weighted by Crippen LogP contribution is 2.12. The van der Waals surface area contributed by atoms with Crippen LogP contribution in [0.1, 0.15) is 18.2 Å². The summed E-state index contributed by atoms with van der Waals surface area (Å²) in [4.78, 5) is 11.5. The van der Waals surface area contributed by atoms with Crippen LogP contribution in [0.3, 0.4) is 0 Å². The Hall–Kier alpha value is -2.51. The fourth-order valence-electron chi connectivity index (χ4n) is 2.10. The third kappa shape index (κ3) is 4.06. The molecule has 0 aliphatic carbocycles. The molecule has 0 atom stereocenters. The van der Waals surface area contributed by atoms with E-state index in [1.165, 1.54) is 0 Å². The quantitative estimate of drug-likeness (QED) is 0.777. The van der Waals surface area contributed by atoms with Crippen LogP contribution < -0.4 is 5.32 Å². The monoisotopic (exact) mass is 328 g/mol. The molecule has 0 unspecified atom stereocenters. The van der Waals surface area contributed by atoms with Crippen LogP contribution in [0.4, 0.5) is 0 Å². The second-order valence-corrected chi connectivity index (χ2v) is 5.75. The third-order valence-electron chi connectivity index (χ3n) is 3.66. The number of amides is 1. The molecule has 1 saturated heterocycles. The molecule has 7 heteroatoms. The molecular weight excluding hydrogens is 308 g/mol. The predicted octanol–water partition coefficient (Wildman–Crippen LogP) is 1.37. The van der Waals surface area contributed by atoms with Crippen LogP contribution in [0.5, 0.6) is 0 Å². The van der Waals surface area contributed by atoms with E-state index in [-0.39, 0.29) is 12.0 Å². The average Bonchev–Trinajstić information content (AvgIpc) is 3.00. The van der Waals surface area contributed by atoms with Crippen LogP contribution in [-0.2, 0) is 27.4 Å². The lowest BCUT2D eigenvalue weighted by molar-refractivity contribution is -0.135. The molecule has 2 heterocycles. The van der Waals surface area contributed by atoms with Gasteiger partial charge in [-0.1, -0.05) is 23.9 Å². The van der Waals surface area contributed by atoms with Gasteiger partial charge in [0.25, 0.3) is 0 Å². The molecule has 1 fully saturated rings. The van der Waals surface area contributed by atoms with Crippen molar-refractivity contribution >= 4 is 5.91 Å². The molecule has 126 valence electrons. The first-order chi connectivity index (χ1) is 11.6. The zero-order valence-electron chi connectivity index (χ0n) is 13.6. The minimum Gasteiger partial charge on any atom is -0.376 e. The molecule has 0 saturated carbocycles. The number of ether oxygens (including phenoxy) is 2. The van der Waals surface area contributed by atoms with Gasteiger partial charge in [0, 0.05) is 12.1 Å². The molecule has 3 rings (SSSR count). The molecule has 2 aromatic rings. The third-order valence-corrected chi connectivity index (χ3v) is 3.66. The first-order valence-electron chi connectivity index (χ1n) is 7.75. The Labute approximate surface area is 140 Å². The van der Waals surface area contributed by atoms with Gasteiger partial charge in [-0.3, -0.25) is 4.79 Å². The van der Waals surface area contributed by atoms with Crippen LogP contribution in [0.2, 0.25) is 0 Å². The van der Waals surface area contributed by atoms with E-state index >= 15 is 0 Å². The number of aromatic nitrogens is 3. The highest BCUT2D eigenvalue weighted by Gasteiger charge is 2.19. The van der Waals surface area contributed by atoms with Crippen LogP contribution >= 0.6 is 0 Å². The largest absolute Gasteiger partial charge is 0.376 e. The fourth-order valence-corrected chi connectivity index (χ4v) is 2.10. The Morgan fingerprint density at radius 1 is 1.42 bits per heavy atom. The van der Waals surface area contributed by atoms with E-state index in [1.807, 2.05) is 30.5 Å². The Morgan fingerprint density at radius 2 is 2.17 bits per heavy atom. The topological polar surface area (TPSA) is 78.3 Å². The molecule has 1 N–H and O–H groups in total. The number of nitrogens with zero attached hydrogens (tertiary/aromatic N) is 3. The van der Waals surface area contributed by atoms with Crippen LogP contribution in [0.25, 0.3) is 5.69 Å². The molecule has 0 spiro atoms. The van der Waals surface area contributed by atoms with E-state index < -0.39 is 0 Å². The lowest BCUT2D eigenvalue weighted by Gasteiger charge is -2.25. The molecule has 1 aliphatic rings. The van der Waals surface area contributed by atoms with Crippen molar-refractivity contribution < 1.29 is 14.3 Å². The molecule has 1 aromatic heterocycles. The summed E-state index contributed by atoms with van der Waals surface area (Å²) in [7, 11) is 0. The van der Waals surface area contributed by atoms with E-state index in [4.69, 9.17) is 9.47 Å². The Balaban J connectivity index is 1.55. The molecule has 7 nitrogen and oxygen atoms in total. The van der Waals surface area contributed by atoms with E-state index in [0.29, 0.717) is 31.9 Å². The standard InChI is InChI=1S/C17H20N4O3/c1-12(2)17(22)18-7-13-3-5-15(6-4-13)21-8-14(19-20-21)9-24-16-10-23-11-16/h3-6,8,16H,1,7,9-11H2,2H3,(H,18,22). The van der Waals surface area contributed by atoms with Gasteiger partial charge in [-0.2, -0.15) is 0 Å². The second kappa shape index (κ2) is 7.37. The first-order valence-corrected chi connectivity index (χ1v) is 7.75.